The monoisotopic (exact) mass is 416 g/mol. The first kappa shape index (κ1) is 20.9. The van der Waals surface area contributed by atoms with Crippen LogP contribution in [0.15, 0.2) is 47.4 Å². The van der Waals surface area contributed by atoms with E-state index in [9.17, 15) is 18.0 Å². The molecule has 29 heavy (non-hydrogen) atoms. The van der Waals surface area contributed by atoms with Crippen LogP contribution in [-0.4, -0.2) is 44.9 Å². The van der Waals surface area contributed by atoms with Crippen molar-refractivity contribution in [3.8, 4) is 0 Å². The standard InChI is InChI=1S/C21H24N2O5S/c1-15-6-5-7-17(12-15)22-29(26,27)18-9-8-16(2)19(13-18)21(25)28-14-20(24)23-10-3-4-11-23/h5-9,12-13,22H,3-4,10-11,14H2,1-2H3. The number of esters is 1. The number of amides is 1. The highest BCUT2D eigenvalue weighted by Gasteiger charge is 2.22. The van der Waals surface area contributed by atoms with E-state index in [1.165, 1.54) is 12.1 Å². The summed E-state index contributed by atoms with van der Waals surface area (Å²) in [4.78, 5) is 26.1. The van der Waals surface area contributed by atoms with E-state index in [4.69, 9.17) is 4.74 Å². The van der Waals surface area contributed by atoms with Crippen molar-refractivity contribution >= 4 is 27.6 Å². The minimum absolute atomic E-state index is 0.0533. The molecule has 0 atom stereocenters. The van der Waals surface area contributed by atoms with Crippen LogP contribution in [0.3, 0.4) is 0 Å². The maximum absolute atomic E-state index is 12.7. The first-order valence-electron chi connectivity index (χ1n) is 9.41. The van der Waals surface area contributed by atoms with Crippen molar-refractivity contribution in [3.05, 3.63) is 59.2 Å². The summed E-state index contributed by atoms with van der Waals surface area (Å²) in [7, 11) is -3.88. The number of anilines is 1. The van der Waals surface area contributed by atoms with Gasteiger partial charge in [0, 0.05) is 18.8 Å². The van der Waals surface area contributed by atoms with Crippen LogP contribution in [0.5, 0.6) is 0 Å². The van der Waals surface area contributed by atoms with E-state index in [1.54, 1.807) is 36.1 Å². The van der Waals surface area contributed by atoms with Crippen molar-refractivity contribution in [1.82, 2.24) is 4.90 Å². The molecule has 1 fully saturated rings. The Labute approximate surface area is 170 Å². The average Bonchev–Trinajstić information content (AvgIpc) is 3.20. The Hall–Kier alpha value is -2.87. The zero-order valence-electron chi connectivity index (χ0n) is 16.5. The second kappa shape index (κ2) is 8.65. The molecule has 1 N–H and O–H groups in total. The molecule has 1 aliphatic rings. The third kappa shape index (κ3) is 5.14. The molecule has 1 heterocycles. The maximum atomic E-state index is 12.7. The number of carbonyl (C=O) groups is 2. The van der Waals surface area contributed by atoms with Crippen LogP contribution < -0.4 is 4.72 Å². The molecule has 0 unspecified atom stereocenters. The number of hydrogen-bond donors (Lipinski definition) is 1. The van der Waals surface area contributed by atoms with Gasteiger partial charge in [-0.1, -0.05) is 18.2 Å². The van der Waals surface area contributed by atoms with Crippen molar-refractivity contribution < 1.29 is 22.7 Å². The smallest absolute Gasteiger partial charge is 0.338 e. The van der Waals surface area contributed by atoms with Gasteiger partial charge in [0.2, 0.25) is 0 Å². The fourth-order valence-electron chi connectivity index (χ4n) is 3.17. The van der Waals surface area contributed by atoms with Crippen LogP contribution in [0, 0.1) is 13.8 Å². The van der Waals surface area contributed by atoms with Crippen molar-refractivity contribution in [3.63, 3.8) is 0 Å². The van der Waals surface area contributed by atoms with Gasteiger partial charge in [0.05, 0.1) is 10.5 Å². The molecule has 1 amide bonds. The van der Waals surface area contributed by atoms with Crippen molar-refractivity contribution in [2.45, 2.75) is 31.6 Å². The molecule has 0 radical (unpaired) electrons. The molecular formula is C21H24N2O5S. The summed E-state index contributed by atoms with van der Waals surface area (Å²) in [5.74, 6) is -0.957. The Kier molecular flexibility index (Phi) is 6.22. The first-order valence-corrected chi connectivity index (χ1v) is 10.9. The summed E-state index contributed by atoms with van der Waals surface area (Å²) in [6.45, 7) is 4.54. The van der Waals surface area contributed by atoms with E-state index in [-0.39, 0.29) is 23.0 Å². The molecule has 0 aliphatic carbocycles. The molecule has 0 bridgehead atoms. The number of benzene rings is 2. The number of sulfonamides is 1. The van der Waals surface area contributed by atoms with Gasteiger partial charge in [-0.3, -0.25) is 9.52 Å². The highest BCUT2D eigenvalue weighted by Crippen LogP contribution is 2.20. The van der Waals surface area contributed by atoms with Crippen LogP contribution in [0.2, 0.25) is 0 Å². The molecule has 0 spiro atoms. The van der Waals surface area contributed by atoms with Crippen molar-refractivity contribution in [2.24, 2.45) is 0 Å². The topological polar surface area (TPSA) is 92.8 Å². The third-order valence-electron chi connectivity index (χ3n) is 4.80. The molecule has 1 aliphatic heterocycles. The molecule has 8 heteroatoms. The summed E-state index contributed by atoms with van der Waals surface area (Å²) in [6.07, 6.45) is 1.90. The van der Waals surface area contributed by atoms with Gasteiger partial charge in [0.15, 0.2) is 6.61 Å². The van der Waals surface area contributed by atoms with E-state index in [1.807, 2.05) is 13.0 Å². The Bertz CT molecular complexity index is 1030. The van der Waals surface area contributed by atoms with Crippen LogP contribution in [0.25, 0.3) is 0 Å². The number of nitrogens with one attached hydrogen (secondary N) is 1. The third-order valence-corrected chi connectivity index (χ3v) is 6.17. The van der Waals surface area contributed by atoms with Gasteiger partial charge in [0.1, 0.15) is 0 Å². The van der Waals surface area contributed by atoms with Crippen molar-refractivity contribution in [2.75, 3.05) is 24.4 Å². The minimum Gasteiger partial charge on any atom is -0.452 e. The second-order valence-electron chi connectivity index (χ2n) is 7.12. The largest absolute Gasteiger partial charge is 0.452 e. The number of aryl methyl sites for hydroxylation is 2. The first-order chi connectivity index (χ1) is 13.8. The quantitative estimate of drug-likeness (QED) is 0.731. The summed E-state index contributed by atoms with van der Waals surface area (Å²) in [5, 5.41) is 0. The van der Waals surface area contributed by atoms with Crippen LogP contribution in [0.4, 0.5) is 5.69 Å². The van der Waals surface area contributed by atoms with Gasteiger partial charge in [-0.25, -0.2) is 13.2 Å². The van der Waals surface area contributed by atoms with Crippen LogP contribution >= 0.6 is 0 Å². The van der Waals surface area contributed by atoms with Crippen molar-refractivity contribution in [1.29, 1.82) is 0 Å². The molecule has 1 saturated heterocycles. The lowest BCUT2D eigenvalue weighted by Gasteiger charge is -2.15. The Balaban J connectivity index is 1.74. The van der Waals surface area contributed by atoms with Gasteiger partial charge in [0.25, 0.3) is 15.9 Å². The summed E-state index contributed by atoms with van der Waals surface area (Å²) < 4.78 is 33.1. The SMILES string of the molecule is Cc1cccc(NS(=O)(=O)c2ccc(C)c(C(=O)OCC(=O)N3CCCC3)c2)c1. The molecule has 2 aromatic rings. The fraction of sp³-hybridized carbons (Fsp3) is 0.333. The van der Waals surface area contributed by atoms with Gasteiger partial charge < -0.3 is 9.64 Å². The second-order valence-corrected chi connectivity index (χ2v) is 8.80. The molecule has 3 rings (SSSR count). The fourth-order valence-corrected chi connectivity index (χ4v) is 4.25. The molecule has 0 saturated carbocycles. The average molecular weight is 416 g/mol. The summed E-state index contributed by atoms with van der Waals surface area (Å²) in [5.41, 5.74) is 2.04. The number of likely N-dealkylation sites (tertiary alicyclic amines) is 1. The van der Waals surface area contributed by atoms with E-state index in [2.05, 4.69) is 4.72 Å². The Morgan fingerprint density at radius 3 is 2.48 bits per heavy atom. The predicted octanol–water partition coefficient (Wildman–Crippen LogP) is 2.88. The highest BCUT2D eigenvalue weighted by atomic mass is 32.2. The number of rotatable bonds is 6. The zero-order chi connectivity index (χ0) is 21.0. The van der Waals surface area contributed by atoms with Gasteiger partial charge >= 0.3 is 5.97 Å². The minimum atomic E-state index is -3.88. The Morgan fingerprint density at radius 1 is 1.07 bits per heavy atom. The maximum Gasteiger partial charge on any atom is 0.338 e. The van der Waals surface area contributed by atoms with Crippen LogP contribution in [-0.2, 0) is 19.6 Å². The molecule has 7 nitrogen and oxygen atoms in total. The molecule has 154 valence electrons. The lowest BCUT2D eigenvalue weighted by atomic mass is 10.1. The van der Waals surface area contributed by atoms with Gasteiger partial charge in [-0.15, -0.1) is 0 Å². The Morgan fingerprint density at radius 2 is 1.79 bits per heavy atom. The zero-order valence-corrected chi connectivity index (χ0v) is 17.3. The van der Waals surface area contributed by atoms with E-state index in [0.29, 0.717) is 24.3 Å². The lowest BCUT2D eigenvalue weighted by Crippen LogP contribution is -2.32. The summed E-state index contributed by atoms with van der Waals surface area (Å²) >= 11 is 0. The summed E-state index contributed by atoms with van der Waals surface area (Å²) in [6, 6.07) is 11.2. The van der Waals surface area contributed by atoms with Gasteiger partial charge in [-0.05, 0) is 62.1 Å². The predicted molar refractivity (Wildman–Crippen MR) is 109 cm³/mol. The number of hydrogen-bond acceptors (Lipinski definition) is 5. The molecule has 2 aromatic carbocycles. The van der Waals surface area contributed by atoms with E-state index < -0.39 is 16.0 Å². The highest BCUT2D eigenvalue weighted by molar-refractivity contribution is 7.92. The number of carbonyl (C=O) groups excluding carboxylic acids is 2. The van der Waals surface area contributed by atoms with E-state index >= 15 is 0 Å². The molecular weight excluding hydrogens is 392 g/mol. The normalized spacial score (nSPS) is 13.9. The molecule has 0 aromatic heterocycles. The lowest BCUT2D eigenvalue weighted by molar-refractivity contribution is -0.133. The van der Waals surface area contributed by atoms with E-state index in [0.717, 1.165) is 18.4 Å². The van der Waals surface area contributed by atoms with Gasteiger partial charge in [-0.2, -0.15) is 0 Å². The number of nitrogens with zero attached hydrogens (tertiary/aromatic N) is 1. The number of ether oxygens (including phenoxy) is 1. The van der Waals surface area contributed by atoms with Crippen LogP contribution in [0.1, 0.15) is 34.3 Å².